The quantitative estimate of drug-likeness (QED) is 0.203. The van der Waals surface area contributed by atoms with Gasteiger partial charge in [-0.3, -0.25) is 10.1 Å². The Kier molecular flexibility index (Phi) is 8.64. The molecule has 2 saturated heterocycles. The van der Waals surface area contributed by atoms with Crippen molar-refractivity contribution in [2.75, 3.05) is 24.7 Å². The van der Waals surface area contributed by atoms with Gasteiger partial charge in [-0.25, -0.2) is 0 Å². The zero-order valence-corrected chi connectivity index (χ0v) is 16.9. The van der Waals surface area contributed by atoms with Crippen LogP contribution in [0.25, 0.3) is 0 Å². The first-order chi connectivity index (χ1) is 13.3. The maximum absolute atomic E-state index is 10.8. The van der Waals surface area contributed by atoms with E-state index in [0.717, 1.165) is 0 Å². The van der Waals surface area contributed by atoms with Crippen molar-refractivity contribution in [2.24, 2.45) is 0 Å². The highest BCUT2D eigenvalue weighted by Gasteiger charge is 2.51. The van der Waals surface area contributed by atoms with E-state index in [1.807, 2.05) is 0 Å². The van der Waals surface area contributed by atoms with Crippen LogP contribution < -0.4 is 0 Å². The van der Waals surface area contributed by atoms with Crippen molar-refractivity contribution in [1.29, 1.82) is 0 Å². The second-order valence-corrected chi connectivity index (χ2v) is 9.25. The van der Waals surface area contributed by atoms with E-state index in [9.17, 15) is 35.6 Å². The molecule has 2 fully saturated rings. The van der Waals surface area contributed by atoms with Gasteiger partial charge in [0.05, 0.1) is 18.1 Å². The summed E-state index contributed by atoms with van der Waals surface area (Å²) in [6.07, 6.45) is -6.07. The molecule has 29 heavy (non-hydrogen) atoms. The van der Waals surface area contributed by atoms with Gasteiger partial charge in [0.2, 0.25) is 0 Å². The number of aliphatic hydroxyl groups is 5. The molecule has 8 atom stereocenters. The lowest BCUT2D eigenvalue weighted by Crippen LogP contribution is -2.50. The molecular formula is C17H25ClNO9S+. The monoisotopic (exact) mass is 454 g/mol. The van der Waals surface area contributed by atoms with Gasteiger partial charge in [-0.2, -0.15) is 0 Å². The van der Waals surface area contributed by atoms with Gasteiger partial charge in [-0.15, -0.1) is 12.4 Å². The summed E-state index contributed by atoms with van der Waals surface area (Å²) in [5.74, 6) is 0.405. The minimum atomic E-state index is -1.10. The standard InChI is InChI=1S/C17H24NO9S.ClH/c19-5-14-15(23)12(21)7-28(14)8-13(22)16-11(20)6-26-17(27-16)9-1-3-10(4-2-9)18(24)25;/h1-4,11-17,19-23H,5-8H2;1H/q+1;/t11-,12-,13-,14-,15+,16+,17?,28?;/m1./s1. The Balaban J connectivity index is 0.00000300. The number of ether oxygens (including phenoxy) is 2. The number of hydrogen-bond acceptors (Lipinski definition) is 9. The van der Waals surface area contributed by atoms with Gasteiger partial charge in [0, 0.05) is 28.6 Å². The zero-order chi connectivity index (χ0) is 20.4. The Bertz CT molecular complexity index is 681. The molecule has 12 heteroatoms. The smallest absolute Gasteiger partial charge is 0.269 e. The van der Waals surface area contributed by atoms with Crippen molar-refractivity contribution >= 4 is 29.0 Å². The van der Waals surface area contributed by atoms with E-state index in [0.29, 0.717) is 5.56 Å². The van der Waals surface area contributed by atoms with Crippen LogP contribution in [0.3, 0.4) is 0 Å². The van der Waals surface area contributed by atoms with Crippen molar-refractivity contribution < 1.29 is 39.9 Å². The number of benzene rings is 1. The number of nitrogens with zero attached hydrogens (tertiary/aromatic N) is 1. The lowest BCUT2D eigenvalue weighted by Gasteiger charge is -2.36. The third kappa shape index (κ3) is 5.37. The number of nitro benzene ring substituents is 1. The van der Waals surface area contributed by atoms with Crippen LogP contribution in [0.4, 0.5) is 5.69 Å². The van der Waals surface area contributed by atoms with Crippen LogP contribution in [0.15, 0.2) is 24.3 Å². The van der Waals surface area contributed by atoms with Crippen LogP contribution in [-0.2, 0) is 20.4 Å². The first-order valence-electron chi connectivity index (χ1n) is 8.82. The van der Waals surface area contributed by atoms with Crippen LogP contribution in [0.1, 0.15) is 11.9 Å². The van der Waals surface area contributed by atoms with Gasteiger partial charge in [-0.1, -0.05) is 0 Å². The second-order valence-electron chi connectivity index (χ2n) is 6.90. The van der Waals surface area contributed by atoms with Gasteiger partial charge in [-0.05, 0) is 12.1 Å². The van der Waals surface area contributed by atoms with E-state index in [4.69, 9.17) is 9.47 Å². The molecule has 0 radical (unpaired) electrons. The maximum Gasteiger partial charge on any atom is 0.269 e. The van der Waals surface area contributed by atoms with E-state index in [1.54, 1.807) is 0 Å². The number of hydrogen-bond donors (Lipinski definition) is 5. The summed E-state index contributed by atoms with van der Waals surface area (Å²) < 4.78 is 11.1. The summed E-state index contributed by atoms with van der Waals surface area (Å²) in [4.78, 5) is 10.2. The minimum Gasteiger partial charge on any atom is -0.391 e. The van der Waals surface area contributed by atoms with Crippen LogP contribution in [0.2, 0.25) is 0 Å². The van der Waals surface area contributed by atoms with Gasteiger partial charge >= 0.3 is 0 Å². The number of halogens is 1. The molecule has 1 aromatic rings. The molecule has 0 spiro atoms. The second kappa shape index (κ2) is 10.3. The Morgan fingerprint density at radius 2 is 1.86 bits per heavy atom. The minimum absolute atomic E-state index is 0. The van der Waals surface area contributed by atoms with Crippen molar-refractivity contribution in [3.8, 4) is 0 Å². The van der Waals surface area contributed by atoms with E-state index < -0.39 is 57.9 Å². The lowest BCUT2D eigenvalue weighted by molar-refractivity contribution is -0.384. The molecule has 10 nitrogen and oxygen atoms in total. The number of non-ortho nitro benzene ring substituents is 1. The highest BCUT2D eigenvalue weighted by Crippen LogP contribution is 2.31. The molecule has 0 aromatic heterocycles. The predicted molar refractivity (Wildman–Crippen MR) is 106 cm³/mol. The summed E-state index contributed by atoms with van der Waals surface area (Å²) in [7, 11) is -0.643. The van der Waals surface area contributed by atoms with Gasteiger partial charge < -0.3 is 35.0 Å². The summed E-state index contributed by atoms with van der Waals surface area (Å²) in [6, 6.07) is 5.59. The van der Waals surface area contributed by atoms with Crippen molar-refractivity contribution in [3.63, 3.8) is 0 Å². The van der Waals surface area contributed by atoms with Crippen molar-refractivity contribution in [3.05, 3.63) is 39.9 Å². The Morgan fingerprint density at radius 1 is 1.21 bits per heavy atom. The van der Waals surface area contributed by atoms with E-state index in [-0.39, 0.29) is 42.8 Å². The van der Waals surface area contributed by atoms with Gasteiger partial charge in [0.1, 0.15) is 42.0 Å². The number of nitro groups is 1. The fourth-order valence-corrected chi connectivity index (χ4v) is 6.12. The topological polar surface area (TPSA) is 163 Å². The third-order valence-corrected chi connectivity index (χ3v) is 7.81. The Labute approximate surface area is 176 Å². The largest absolute Gasteiger partial charge is 0.391 e. The highest BCUT2D eigenvalue weighted by atomic mass is 35.5. The first-order valence-corrected chi connectivity index (χ1v) is 10.4. The summed E-state index contributed by atoms with van der Waals surface area (Å²) >= 11 is 0. The molecule has 2 unspecified atom stereocenters. The normalized spacial score (nSPS) is 35.7. The Hall–Kier alpha value is -1.02. The zero-order valence-electron chi connectivity index (χ0n) is 15.3. The van der Waals surface area contributed by atoms with Crippen LogP contribution in [0, 0.1) is 10.1 Å². The Morgan fingerprint density at radius 3 is 2.45 bits per heavy atom. The van der Waals surface area contributed by atoms with E-state index >= 15 is 0 Å². The maximum atomic E-state index is 10.8. The third-order valence-electron chi connectivity index (χ3n) is 4.99. The van der Waals surface area contributed by atoms with Crippen LogP contribution in [-0.4, -0.2) is 90.9 Å². The van der Waals surface area contributed by atoms with Crippen LogP contribution >= 0.6 is 12.4 Å². The van der Waals surface area contributed by atoms with E-state index in [1.165, 1.54) is 24.3 Å². The molecule has 2 aliphatic rings. The molecule has 164 valence electrons. The average Bonchev–Trinajstić information content (AvgIpc) is 2.94. The number of rotatable bonds is 6. The lowest BCUT2D eigenvalue weighted by atomic mass is 10.1. The molecule has 2 heterocycles. The van der Waals surface area contributed by atoms with Gasteiger partial charge in [0.25, 0.3) is 5.69 Å². The summed E-state index contributed by atoms with van der Waals surface area (Å²) in [5, 5.41) is 60.2. The fourth-order valence-electron chi connectivity index (χ4n) is 3.43. The molecular weight excluding hydrogens is 430 g/mol. The molecule has 1 aromatic carbocycles. The molecule has 3 rings (SSSR count). The predicted octanol–water partition coefficient (Wildman–Crippen LogP) is -1.13. The molecule has 0 aliphatic carbocycles. The first kappa shape index (κ1) is 24.3. The summed E-state index contributed by atoms with van der Waals surface area (Å²) in [5.41, 5.74) is 0.433. The highest BCUT2D eigenvalue weighted by molar-refractivity contribution is 7.97. The van der Waals surface area contributed by atoms with Gasteiger partial charge in [0.15, 0.2) is 11.5 Å². The molecule has 5 N–H and O–H groups in total. The molecule has 0 bridgehead atoms. The van der Waals surface area contributed by atoms with E-state index in [2.05, 4.69) is 0 Å². The average molecular weight is 455 g/mol. The fraction of sp³-hybridized carbons (Fsp3) is 0.647. The summed E-state index contributed by atoms with van der Waals surface area (Å²) in [6.45, 7) is -0.400. The molecule has 2 aliphatic heterocycles. The number of aliphatic hydroxyl groups excluding tert-OH is 5. The molecule has 0 saturated carbocycles. The van der Waals surface area contributed by atoms with Crippen molar-refractivity contribution in [1.82, 2.24) is 0 Å². The SMILES string of the molecule is Cl.O=[N+]([O-])c1ccc(C2OC[C@@H](O)[C@@H]([C@H](O)C[S+]3C[C@@H](O)[C@H](O)[C@H]3CO)O2)cc1. The van der Waals surface area contributed by atoms with Crippen molar-refractivity contribution in [2.45, 2.75) is 42.1 Å². The molecule has 0 amide bonds. The van der Waals surface area contributed by atoms with Crippen LogP contribution in [0.5, 0.6) is 0 Å².